The van der Waals surface area contributed by atoms with Crippen LogP contribution in [0.3, 0.4) is 0 Å². The summed E-state index contributed by atoms with van der Waals surface area (Å²) in [4.78, 5) is 18.0. The van der Waals surface area contributed by atoms with E-state index in [9.17, 15) is 4.79 Å². The molecule has 1 aromatic heterocycles. The van der Waals surface area contributed by atoms with Crippen LogP contribution >= 0.6 is 0 Å². The number of pyridine rings is 1. The molecule has 2 aromatic carbocycles. The van der Waals surface area contributed by atoms with Crippen molar-refractivity contribution in [3.63, 3.8) is 0 Å². The fourth-order valence-corrected chi connectivity index (χ4v) is 3.61. The predicted octanol–water partition coefficient (Wildman–Crippen LogP) is 4.33. The Hall–Kier alpha value is -2.39. The lowest BCUT2D eigenvalue weighted by atomic mass is 10.1. The molecule has 25 heavy (non-hydrogen) atoms. The van der Waals surface area contributed by atoms with Crippen molar-refractivity contribution in [2.75, 3.05) is 0 Å². The van der Waals surface area contributed by atoms with Crippen LogP contribution in [0, 0.1) is 5.92 Å². The van der Waals surface area contributed by atoms with Gasteiger partial charge in [0.1, 0.15) is 0 Å². The van der Waals surface area contributed by atoms with E-state index in [2.05, 4.69) is 53.2 Å². The summed E-state index contributed by atoms with van der Waals surface area (Å²) in [5.41, 5.74) is 2.32. The zero-order valence-corrected chi connectivity index (χ0v) is 14.6. The average Bonchev–Trinajstić information content (AvgIpc) is 3.47. The molecule has 0 spiro atoms. The van der Waals surface area contributed by atoms with Gasteiger partial charge in [-0.25, -0.2) is 0 Å². The number of aromatic nitrogens is 1. The summed E-state index contributed by atoms with van der Waals surface area (Å²) >= 11 is 0. The van der Waals surface area contributed by atoms with Gasteiger partial charge in [-0.2, -0.15) is 0 Å². The molecule has 4 rings (SSSR count). The molecule has 3 nitrogen and oxygen atoms in total. The van der Waals surface area contributed by atoms with Gasteiger partial charge >= 0.3 is 0 Å². The number of benzene rings is 2. The molecule has 0 amide bonds. The second-order valence-electron chi connectivity index (χ2n) is 7.18. The lowest BCUT2D eigenvalue weighted by molar-refractivity contribution is 0.170. The molecule has 128 valence electrons. The molecule has 1 aliphatic rings. The highest BCUT2D eigenvalue weighted by molar-refractivity contribution is 5.81. The third-order valence-electron chi connectivity index (χ3n) is 5.29. The van der Waals surface area contributed by atoms with Crippen LogP contribution in [0.25, 0.3) is 10.8 Å². The number of nitrogens with one attached hydrogen (secondary N) is 1. The van der Waals surface area contributed by atoms with Gasteiger partial charge in [0.25, 0.3) is 5.56 Å². The smallest absolute Gasteiger partial charge is 0.256 e. The maximum Gasteiger partial charge on any atom is 0.256 e. The van der Waals surface area contributed by atoms with Crippen LogP contribution in [0.1, 0.15) is 31.0 Å². The van der Waals surface area contributed by atoms with E-state index in [-0.39, 0.29) is 5.56 Å². The van der Waals surface area contributed by atoms with Crippen LogP contribution in [0.4, 0.5) is 0 Å². The second kappa shape index (κ2) is 6.85. The highest BCUT2D eigenvalue weighted by Crippen LogP contribution is 2.36. The van der Waals surface area contributed by atoms with Crippen molar-refractivity contribution in [2.24, 2.45) is 5.92 Å². The zero-order valence-electron chi connectivity index (χ0n) is 14.6. The van der Waals surface area contributed by atoms with Gasteiger partial charge in [0.2, 0.25) is 0 Å². The zero-order chi connectivity index (χ0) is 17.2. The molecular formula is C22H24N2O. The normalized spacial score (nSPS) is 15.6. The minimum atomic E-state index is 0.00633. The number of aromatic amines is 1. The molecule has 1 aliphatic carbocycles. The Morgan fingerprint density at radius 1 is 1.04 bits per heavy atom. The first-order chi connectivity index (χ1) is 12.2. The monoisotopic (exact) mass is 332 g/mol. The lowest BCUT2D eigenvalue weighted by Gasteiger charge is -2.29. The molecule has 0 aliphatic heterocycles. The summed E-state index contributed by atoms with van der Waals surface area (Å²) in [7, 11) is 0. The van der Waals surface area contributed by atoms with Gasteiger partial charge in [0, 0.05) is 30.2 Å². The third kappa shape index (κ3) is 3.67. The molecular weight excluding hydrogens is 308 g/mol. The molecule has 1 saturated carbocycles. The Morgan fingerprint density at radius 3 is 2.52 bits per heavy atom. The Morgan fingerprint density at radius 2 is 1.76 bits per heavy atom. The number of fused-ring (bicyclic) bond motifs is 1. The number of rotatable bonds is 6. The van der Waals surface area contributed by atoms with E-state index in [1.807, 2.05) is 24.3 Å². The van der Waals surface area contributed by atoms with E-state index in [1.54, 1.807) is 0 Å². The fraction of sp³-hybridized carbons (Fsp3) is 0.318. The number of hydrogen-bond donors (Lipinski definition) is 1. The quantitative estimate of drug-likeness (QED) is 0.729. The van der Waals surface area contributed by atoms with Crippen molar-refractivity contribution in [1.29, 1.82) is 0 Å². The summed E-state index contributed by atoms with van der Waals surface area (Å²) in [6, 6.07) is 21.0. The Kier molecular flexibility index (Phi) is 4.41. The Labute approximate surface area is 148 Å². The largest absolute Gasteiger partial charge is 0.324 e. The SMILES string of the molecule is CC(C1CC1)N(Cc1ccccc1)Cc1cc2ccccc2c(=O)[nH]1. The van der Waals surface area contributed by atoms with Gasteiger partial charge < -0.3 is 4.98 Å². The van der Waals surface area contributed by atoms with Crippen molar-refractivity contribution in [3.05, 3.63) is 82.3 Å². The van der Waals surface area contributed by atoms with E-state index < -0.39 is 0 Å². The first-order valence-electron chi connectivity index (χ1n) is 9.09. The molecule has 1 fully saturated rings. The van der Waals surface area contributed by atoms with E-state index in [4.69, 9.17) is 0 Å². The van der Waals surface area contributed by atoms with E-state index in [0.717, 1.165) is 35.5 Å². The lowest BCUT2D eigenvalue weighted by Crippen LogP contribution is -2.34. The standard InChI is InChI=1S/C22H24N2O/c1-16(18-11-12-18)24(14-17-7-3-2-4-8-17)15-20-13-19-9-5-6-10-21(19)22(25)23-20/h2-10,13,16,18H,11-12,14-15H2,1H3,(H,23,25). The number of H-pyrrole nitrogens is 1. The van der Waals surface area contributed by atoms with Crippen LogP contribution in [-0.2, 0) is 13.1 Å². The van der Waals surface area contributed by atoms with Crippen LogP contribution in [0.2, 0.25) is 0 Å². The first kappa shape index (κ1) is 16.1. The topological polar surface area (TPSA) is 36.1 Å². The molecule has 0 bridgehead atoms. The van der Waals surface area contributed by atoms with Crippen LogP contribution < -0.4 is 5.56 Å². The number of hydrogen-bond acceptors (Lipinski definition) is 2. The molecule has 1 N–H and O–H groups in total. The Bertz CT molecular complexity index is 912. The minimum Gasteiger partial charge on any atom is -0.324 e. The summed E-state index contributed by atoms with van der Waals surface area (Å²) in [6.07, 6.45) is 2.64. The van der Waals surface area contributed by atoms with Gasteiger partial charge in [-0.15, -0.1) is 0 Å². The fourth-order valence-electron chi connectivity index (χ4n) is 3.61. The van der Waals surface area contributed by atoms with Crippen LogP contribution in [-0.4, -0.2) is 15.9 Å². The maximum absolute atomic E-state index is 12.4. The minimum absolute atomic E-state index is 0.00633. The van der Waals surface area contributed by atoms with Gasteiger partial charge in [-0.1, -0.05) is 48.5 Å². The molecule has 0 saturated heterocycles. The Balaban J connectivity index is 1.62. The van der Waals surface area contributed by atoms with Gasteiger partial charge in [0.15, 0.2) is 0 Å². The molecule has 1 atom stereocenters. The van der Waals surface area contributed by atoms with Gasteiger partial charge in [-0.05, 0) is 48.8 Å². The highest BCUT2D eigenvalue weighted by Gasteiger charge is 2.32. The second-order valence-corrected chi connectivity index (χ2v) is 7.18. The summed E-state index contributed by atoms with van der Waals surface area (Å²) < 4.78 is 0. The summed E-state index contributed by atoms with van der Waals surface area (Å²) in [6.45, 7) is 4.00. The van der Waals surface area contributed by atoms with Gasteiger partial charge in [-0.3, -0.25) is 9.69 Å². The van der Waals surface area contributed by atoms with Crippen molar-refractivity contribution >= 4 is 10.8 Å². The third-order valence-corrected chi connectivity index (χ3v) is 5.29. The average molecular weight is 332 g/mol. The van der Waals surface area contributed by atoms with Crippen LogP contribution in [0.5, 0.6) is 0 Å². The molecule has 1 heterocycles. The molecule has 1 unspecified atom stereocenters. The maximum atomic E-state index is 12.4. The molecule has 0 radical (unpaired) electrons. The predicted molar refractivity (Wildman–Crippen MR) is 102 cm³/mol. The van der Waals surface area contributed by atoms with Crippen molar-refractivity contribution in [2.45, 2.75) is 38.9 Å². The molecule has 3 aromatic rings. The van der Waals surface area contributed by atoms with E-state index >= 15 is 0 Å². The molecule has 3 heteroatoms. The summed E-state index contributed by atoms with van der Waals surface area (Å²) in [5, 5.41) is 1.77. The van der Waals surface area contributed by atoms with Crippen molar-refractivity contribution in [3.8, 4) is 0 Å². The van der Waals surface area contributed by atoms with Crippen molar-refractivity contribution in [1.82, 2.24) is 9.88 Å². The number of nitrogens with zero attached hydrogens (tertiary/aromatic N) is 1. The van der Waals surface area contributed by atoms with Crippen molar-refractivity contribution < 1.29 is 0 Å². The van der Waals surface area contributed by atoms with E-state index in [1.165, 1.54) is 18.4 Å². The van der Waals surface area contributed by atoms with Gasteiger partial charge in [0.05, 0.1) is 0 Å². The van der Waals surface area contributed by atoms with Crippen LogP contribution in [0.15, 0.2) is 65.5 Å². The summed E-state index contributed by atoms with van der Waals surface area (Å²) in [5.74, 6) is 0.788. The van der Waals surface area contributed by atoms with E-state index in [0.29, 0.717) is 6.04 Å². The highest BCUT2D eigenvalue weighted by atomic mass is 16.1. The first-order valence-corrected chi connectivity index (χ1v) is 9.09.